The fraction of sp³-hybridized carbons (Fsp3) is 0.619. The van der Waals surface area contributed by atoms with Crippen LogP contribution in [-0.2, 0) is 4.79 Å². The average Bonchev–Trinajstić information content (AvgIpc) is 2.66. The largest absolute Gasteiger partial charge is 0.484 e. The number of carbonyl (C=O) groups excluding carboxylic acids is 2. The molecule has 1 N–H and O–H groups in total. The Hall–Kier alpha value is -1.79. The molecular weight excluding hydrogens is 378 g/mol. The van der Waals surface area contributed by atoms with Crippen LogP contribution in [0.3, 0.4) is 0 Å². The highest BCUT2D eigenvalue weighted by atomic mass is 35.5. The lowest BCUT2D eigenvalue weighted by Gasteiger charge is -2.38. The average molecular weight is 410 g/mol. The molecule has 0 aromatic heterocycles. The number of nitrogens with zero attached hydrogens (tertiary/aromatic N) is 2. The number of hydrogen-bond donors (Lipinski definition) is 1. The van der Waals surface area contributed by atoms with Gasteiger partial charge in [-0.05, 0) is 64.3 Å². The van der Waals surface area contributed by atoms with Gasteiger partial charge in [-0.1, -0.05) is 0 Å². The normalized spacial score (nSPS) is 25.0. The lowest BCUT2D eigenvalue weighted by Crippen LogP contribution is -2.51. The Labute approximate surface area is 174 Å². The van der Waals surface area contributed by atoms with Crippen molar-refractivity contribution in [3.8, 4) is 5.75 Å². The summed E-state index contributed by atoms with van der Waals surface area (Å²) < 4.78 is 5.69. The molecule has 0 spiro atoms. The zero-order chi connectivity index (χ0) is 19.4. The zero-order valence-electron chi connectivity index (χ0n) is 17.0. The molecule has 3 rings (SSSR count). The predicted octanol–water partition coefficient (Wildman–Crippen LogP) is 2.71. The van der Waals surface area contributed by atoms with Crippen LogP contribution in [0.1, 0.15) is 50.4 Å². The third kappa shape index (κ3) is 5.39. The van der Waals surface area contributed by atoms with Crippen molar-refractivity contribution in [2.24, 2.45) is 0 Å². The maximum Gasteiger partial charge on any atom is 0.260 e. The summed E-state index contributed by atoms with van der Waals surface area (Å²) in [4.78, 5) is 29.0. The third-order valence-electron chi connectivity index (χ3n) is 5.60. The lowest BCUT2D eigenvalue weighted by molar-refractivity contribution is -0.139. The highest BCUT2D eigenvalue weighted by molar-refractivity contribution is 5.94. The summed E-state index contributed by atoms with van der Waals surface area (Å²) in [5.41, 5.74) is 0.654. The molecule has 2 aliphatic rings. The van der Waals surface area contributed by atoms with Crippen molar-refractivity contribution in [1.82, 2.24) is 15.1 Å². The monoisotopic (exact) mass is 409 g/mol. The fourth-order valence-electron chi connectivity index (χ4n) is 4.13. The number of piperazine rings is 1. The summed E-state index contributed by atoms with van der Waals surface area (Å²) in [5.74, 6) is 0.692. The van der Waals surface area contributed by atoms with E-state index in [-0.39, 0.29) is 42.9 Å². The molecule has 0 aliphatic carbocycles. The Morgan fingerprint density at radius 3 is 2.36 bits per heavy atom. The molecule has 6 nitrogen and oxygen atoms in total. The molecule has 28 heavy (non-hydrogen) atoms. The second kappa shape index (κ2) is 10.1. The Morgan fingerprint density at radius 2 is 1.75 bits per heavy atom. The van der Waals surface area contributed by atoms with Gasteiger partial charge in [-0.2, -0.15) is 0 Å². The standard InChI is InChI=1S/C21H31N3O3.ClH/c1-15-13-23(12-11-22-15)21(26)18-7-9-19(10-8-18)27-14-20(25)24-16(2)5-4-6-17(24)3;/h7-10,15-17,22H,4-6,11-14H2,1-3H3;1H. The van der Waals surface area contributed by atoms with Gasteiger partial charge in [0.2, 0.25) is 0 Å². The number of halogens is 1. The Morgan fingerprint density at radius 1 is 1.11 bits per heavy atom. The number of rotatable bonds is 4. The minimum Gasteiger partial charge on any atom is -0.484 e. The first-order chi connectivity index (χ1) is 13.0. The lowest BCUT2D eigenvalue weighted by atomic mass is 9.97. The second-order valence-corrected chi connectivity index (χ2v) is 7.85. The van der Waals surface area contributed by atoms with Crippen molar-refractivity contribution in [1.29, 1.82) is 0 Å². The van der Waals surface area contributed by atoms with Gasteiger partial charge in [0.1, 0.15) is 5.75 Å². The summed E-state index contributed by atoms with van der Waals surface area (Å²) in [6.07, 6.45) is 3.28. The smallest absolute Gasteiger partial charge is 0.260 e. The maximum atomic E-state index is 12.6. The topological polar surface area (TPSA) is 61.9 Å². The van der Waals surface area contributed by atoms with E-state index in [0.717, 1.165) is 32.5 Å². The van der Waals surface area contributed by atoms with Crippen molar-refractivity contribution in [2.45, 2.75) is 58.2 Å². The molecule has 3 unspecified atom stereocenters. The summed E-state index contributed by atoms with van der Waals surface area (Å²) in [6, 6.07) is 7.96. The number of amides is 2. The van der Waals surface area contributed by atoms with Crippen molar-refractivity contribution in [2.75, 3.05) is 26.2 Å². The van der Waals surface area contributed by atoms with E-state index in [1.165, 1.54) is 6.42 Å². The molecule has 1 aromatic rings. The minimum absolute atomic E-state index is 0. The van der Waals surface area contributed by atoms with Crippen molar-refractivity contribution >= 4 is 24.2 Å². The van der Waals surface area contributed by atoms with Crippen LogP contribution in [0, 0.1) is 0 Å². The molecule has 0 saturated carbocycles. The van der Waals surface area contributed by atoms with Crippen molar-refractivity contribution in [3.05, 3.63) is 29.8 Å². The number of ether oxygens (including phenoxy) is 1. The molecule has 2 heterocycles. The number of likely N-dealkylation sites (tertiary alicyclic amines) is 1. The van der Waals surface area contributed by atoms with Gasteiger partial charge in [0.15, 0.2) is 6.61 Å². The van der Waals surface area contributed by atoms with Crippen LogP contribution in [0.5, 0.6) is 5.75 Å². The summed E-state index contributed by atoms with van der Waals surface area (Å²) in [7, 11) is 0. The number of benzene rings is 1. The van der Waals surface area contributed by atoms with Crippen LogP contribution in [0.2, 0.25) is 0 Å². The van der Waals surface area contributed by atoms with Crippen LogP contribution in [0.4, 0.5) is 0 Å². The van der Waals surface area contributed by atoms with Gasteiger partial charge < -0.3 is 19.9 Å². The fourth-order valence-corrected chi connectivity index (χ4v) is 4.13. The minimum atomic E-state index is 0. The van der Waals surface area contributed by atoms with E-state index >= 15 is 0 Å². The summed E-state index contributed by atoms with van der Waals surface area (Å²) in [5, 5.41) is 3.34. The second-order valence-electron chi connectivity index (χ2n) is 7.85. The summed E-state index contributed by atoms with van der Waals surface area (Å²) >= 11 is 0. The van der Waals surface area contributed by atoms with Crippen LogP contribution in [0.25, 0.3) is 0 Å². The molecular formula is C21H32ClN3O3. The first-order valence-electron chi connectivity index (χ1n) is 10.0. The molecule has 1 aromatic carbocycles. The number of nitrogens with one attached hydrogen (secondary N) is 1. The van der Waals surface area contributed by atoms with Gasteiger partial charge in [-0.25, -0.2) is 0 Å². The van der Waals surface area contributed by atoms with E-state index in [4.69, 9.17) is 4.74 Å². The Kier molecular flexibility index (Phi) is 8.13. The molecule has 2 aliphatic heterocycles. The van der Waals surface area contributed by atoms with E-state index in [1.807, 2.05) is 9.80 Å². The van der Waals surface area contributed by atoms with E-state index in [1.54, 1.807) is 24.3 Å². The molecule has 0 bridgehead atoms. The Bertz CT molecular complexity index is 657. The maximum absolute atomic E-state index is 12.6. The van der Waals surface area contributed by atoms with Gasteiger partial charge >= 0.3 is 0 Å². The highest BCUT2D eigenvalue weighted by Crippen LogP contribution is 2.23. The van der Waals surface area contributed by atoms with Crippen LogP contribution >= 0.6 is 12.4 Å². The molecule has 2 amide bonds. The quantitative estimate of drug-likeness (QED) is 0.830. The number of piperidine rings is 1. The molecule has 7 heteroatoms. The van der Waals surface area contributed by atoms with E-state index < -0.39 is 0 Å². The van der Waals surface area contributed by atoms with Gasteiger partial charge in [-0.3, -0.25) is 9.59 Å². The molecule has 2 saturated heterocycles. The van der Waals surface area contributed by atoms with Gasteiger partial charge in [0.05, 0.1) is 0 Å². The highest BCUT2D eigenvalue weighted by Gasteiger charge is 2.29. The Balaban J connectivity index is 0.00000280. The first kappa shape index (κ1) is 22.5. The molecule has 0 radical (unpaired) electrons. The predicted molar refractivity (Wildman–Crippen MR) is 112 cm³/mol. The van der Waals surface area contributed by atoms with Crippen molar-refractivity contribution < 1.29 is 14.3 Å². The molecule has 3 atom stereocenters. The van der Waals surface area contributed by atoms with Crippen LogP contribution in [0.15, 0.2) is 24.3 Å². The van der Waals surface area contributed by atoms with E-state index in [2.05, 4.69) is 26.1 Å². The molecule has 156 valence electrons. The van der Waals surface area contributed by atoms with Crippen LogP contribution in [-0.4, -0.2) is 66.0 Å². The van der Waals surface area contributed by atoms with Gasteiger partial charge in [0.25, 0.3) is 11.8 Å². The number of hydrogen-bond acceptors (Lipinski definition) is 4. The first-order valence-corrected chi connectivity index (χ1v) is 10.0. The van der Waals surface area contributed by atoms with Crippen LogP contribution < -0.4 is 10.1 Å². The summed E-state index contributed by atoms with van der Waals surface area (Å²) in [6.45, 7) is 8.59. The third-order valence-corrected chi connectivity index (χ3v) is 5.60. The zero-order valence-corrected chi connectivity index (χ0v) is 17.8. The van der Waals surface area contributed by atoms with Crippen molar-refractivity contribution in [3.63, 3.8) is 0 Å². The number of carbonyl (C=O) groups is 2. The van der Waals surface area contributed by atoms with E-state index in [9.17, 15) is 9.59 Å². The molecule has 2 fully saturated rings. The SMILES string of the molecule is CC1CN(C(=O)c2ccc(OCC(=O)N3C(C)CCCC3C)cc2)CCN1.Cl. The van der Waals surface area contributed by atoms with Gasteiger partial charge in [0, 0.05) is 43.3 Å². The van der Waals surface area contributed by atoms with E-state index in [0.29, 0.717) is 17.4 Å². The van der Waals surface area contributed by atoms with Gasteiger partial charge in [-0.15, -0.1) is 12.4 Å².